The zero-order valence-electron chi connectivity index (χ0n) is 17.2. The summed E-state index contributed by atoms with van der Waals surface area (Å²) in [5, 5.41) is 22.0. The predicted molar refractivity (Wildman–Crippen MR) is 113 cm³/mol. The van der Waals surface area contributed by atoms with E-state index in [9.17, 15) is 19.8 Å². The van der Waals surface area contributed by atoms with Gasteiger partial charge in [-0.15, -0.1) is 0 Å². The van der Waals surface area contributed by atoms with Gasteiger partial charge in [0.2, 0.25) is 0 Å². The fourth-order valence-corrected chi connectivity index (χ4v) is 3.95. The molecule has 0 unspecified atom stereocenters. The number of benzene rings is 2. The SMILES string of the molecule is CCCC(=O)c1c(O)c2c(c3c(-c4ccccc4)cc(=O)oc13)O[C@H](C(C)(C)O)C2. The van der Waals surface area contributed by atoms with Crippen LogP contribution in [0.25, 0.3) is 22.1 Å². The van der Waals surface area contributed by atoms with Crippen LogP contribution in [0.5, 0.6) is 11.5 Å². The number of aromatic hydroxyl groups is 1. The molecule has 1 aliphatic heterocycles. The van der Waals surface area contributed by atoms with E-state index in [1.807, 2.05) is 37.3 Å². The van der Waals surface area contributed by atoms with Crippen molar-refractivity contribution < 1.29 is 24.2 Å². The molecule has 1 atom stereocenters. The van der Waals surface area contributed by atoms with E-state index in [-0.39, 0.29) is 35.5 Å². The molecule has 0 fully saturated rings. The number of hydrogen-bond acceptors (Lipinski definition) is 6. The number of ether oxygens (including phenoxy) is 1. The molecule has 0 saturated heterocycles. The number of carbonyl (C=O) groups excluding carboxylic acids is 1. The van der Waals surface area contributed by atoms with Gasteiger partial charge in [-0.1, -0.05) is 37.3 Å². The summed E-state index contributed by atoms with van der Waals surface area (Å²) in [6, 6.07) is 10.6. The van der Waals surface area contributed by atoms with Crippen LogP contribution in [0.2, 0.25) is 0 Å². The van der Waals surface area contributed by atoms with Crippen molar-refractivity contribution in [3.63, 3.8) is 0 Å². The second-order valence-electron chi connectivity index (χ2n) is 8.22. The monoisotopic (exact) mass is 408 g/mol. The van der Waals surface area contributed by atoms with Crippen LogP contribution in [0.3, 0.4) is 0 Å². The Labute approximate surface area is 173 Å². The summed E-state index contributed by atoms with van der Waals surface area (Å²) in [6.45, 7) is 5.12. The molecule has 4 rings (SSSR count). The summed E-state index contributed by atoms with van der Waals surface area (Å²) in [7, 11) is 0. The Kier molecular flexibility index (Phi) is 4.90. The second kappa shape index (κ2) is 7.29. The van der Waals surface area contributed by atoms with E-state index < -0.39 is 17.3 Å². The van der Waals surface area contributed by atoms with E-state index in [1.165, 1.54) is 6.07 Å². The van der Waals surface area contributed by atoms with Crippen LogP contribution in [0, 0.1) is 0 Å². The Morgan fingerprint density at radius 3 is 2.57 bits per heavy atom. The summed E-state index contributed by atoms with van der Waals surface area (Å²) in [5.74, 6) is -0.204. The Morgan fingerprint density at radius 1 is 1.23 bits per heavy atom. The Bertz CT molecular complexity index is 1180. The molecule has 0 saturated carbocycles. The third kappa shape index (κ3) is 3.27. The number of ketones is 1. The maximum atomic E-state index is 12.9. The van der Waals surface area contributed by atoms with Crippen molar-refractivity contribution in [1.29, 1.82) is 0 Å². The number of Topliss-reactive ketones (excluding diaryl/α,β-unsaturated/α-hetero) is 1. The summed E-state index contributed by atoms with van der Waals surface area (Å²) in [5.41, 5.74) is -0.0164. The standard InChI is InChI=1S/C24H24O6/c1-4-8-16(25)20-21(27)15-11-17(24(2,3)28)29-22(15)19-14(12-18(26)30-23(19)20)13-9-6-5-7-10-13/h5-7,9-10,12,17,27-28H,4,8,11H2,1-3H3/t17-/m0/s1. The molecule has 6 nitrogen and oxygen atoms in total. The molecule has 6 heteroatoms. The topological polar surface area (TPSA) is 97.0 Å². The fourth-order valence-electron chi connectivity index (χ4n) is 3.95. The average Bonchev–Trinajstić information content (AvgIpc) is 3.14. The van der Waals surface area contributed by atoms with Crippen LogP contribution in [0.4, 0.5) is 0 Å². The highest BCUT2D eigenvalue weighted by atomic mass is 16.5. The third-order valence-corrected chi connectivity index (χ3v) is 5.49. The van der Waals surface area contributed by atoms with Crippen molar-refractivity contribution in [2.24, 2.45) is 0 Å². The van der Waals surface area contributed by atoms with Gasteiger partial charge in [0, 0.05) is 30.0 Å². The van der Waals surface area contributed by atoms with Gasteiger partial charge in [-0.3, -0.25) is 4.79 Å². The molecule has 3 aromatic rings. The lowest BCUT2D eigenvalue weighted by Crippen LogP contribution is -2.39. The minimum Gasteiger partial charge on any atom is -0.507 e. The van der Waals surface area contributed by atoms with Crippen LogP contribution in [0.1, 0.15) is 49.5 Å². The summed E-state index contributed by atoms with van der Waals surface area (Å²) < 4.78 is 11.5. The normalized spacial score (nSPS) is 15.8. The van der Waals surface area contributed by atoms with Crippen LogP contribution >= 0.6 is 0 Å². The minimum absolute atomic E-state index is 0.000442. The van der Waals surface area contributed by atoms with Gasteiger partial charge in [0.15, 0.2) is 11.4 Å². The molecule has 1 aromatic heterocycles. The molecule has 156 valence electrons. The van der Waals surface area contributed by atoms with Crippen LogP contribution in [-0.2, 0) is 6.42 Å². The molecule has 0 bridgehead atoms. The Morgan fingerprint density at radius 2 is 1.93 bits per heavy atom. The van der Waals surface area contributed by atoms with Gasteiger partial charge in [0.1, 0.15) is 23.2 Å². The van der Waals surface area contributed by atoms with E-state index >= 15 is 0 Å². The van der Waals surface area contributed by atoms with Crippen molar-refractivity contribution in [3.8, 4) is 22.6 Å². The molecular weight excluding hydrogens is 384 g/mol. The van der Waals surface area contributed by atoms with Crippen molar-refractivity contribution >= 4 is 16.8 Å². The quantitative estimate of drug-likeness (QED) is 0.485. The summed E-state index contributed by atoms with van der Waals surface area (Å²) in [6.07, 6.45) is 0.410. The number of aliphatic hydroxyl groups is 1. The van der Waals surface area contributed by atoms with Gasteiger partial charge in [0.05, 0.1) is 11.0 Å². The number of rotatable bonds is 5. The molecular formula is C24H24O6. The zero-order valence-corrected chi connectivity index (χ0v) is 17.2. The molecule has 2 N–H and O–H groups in total. The number of carbonyl (C=O) groups is 1. The lowest BCUT2D eigenvalue weighted by atomic mass is 9.91. The van der Waals surface area contributed by atoms with Crippen LogP contribution in [0.15, 0.2) is 45.6 Å². The third-order valence-electron chi connectivity index (χ3n) is 5.49. The minimum atomic E-state index is -1.17. The zero-order chi connectivity index (χ0) is 21.6. The molecule has 2 aromatic carbocycles. The van der Waals surface area contributed by atoms with Gasteiger partial charge in [-0.25, -0.2) is 4.79 Å². The van der Waals surface area contributed by atoms with Crippen molar-refractivity contribution in [1.82, 2.24) is 0 Å². The maximum absolute atomic E-state index is 12.9. The lowest BCUT2D eigenvalue weighted by Gasteiger charge is -2.24. The van der Waals surface area contributed by atoms with Crippen molar-refractivity contribution in [2.75, 3.05) is 0 Å². The van der Waals surface area contributed by atoms with E-state index in [1.54, 1.807) is 13.8 Å². The van der Waals surface area contributed by atoms with Crippen molar-refractivity contribution in [3.05, 3.63) is 57.9 Å². The first kappa shape index (κ1) is 20.2. The van der Waals surface area contributed by atoms with E-state index in [0.717, 1.165) is 5.56 Å². The largest absolute Gasteiger partial charge is 0.507 e. The molecule has 0 radical (unpaired) electrons. The van der Waals surface area contributed by atoms with Gasteiger partial charge >= 0.3 is 5.63 Å². The van der Waals surface area contributed by atoms with Gasteiger partial charge < -0.3 is 19.4 Å². The molecule has 1 aliphatic rings. The van der Waals surface area contributed by atoms with Crippen LogP contribution in [-0.4, -0.2) is 27.7 Å². The van der Waals surface area contributed by atoms with Gasteiger partial charge in [-0.2, -0.15) is 0 Å². The van der Waals surface area contributed by atoms with E-state index in [2.05, 4.69) is 0 Å². The van der Waals surface area contributed by atoms with E-state index in [0.29, 0.717) is 28.7 Å². The van der Waals surface area contributed by atoms with Crippen molar-refractivity contribution in [2.45, 2.75) is 51.7 Å². The number of fused-ring (bicyclic) bond motifs is 3. The molecule has 0 amide bonds. The number of phenols is 1. The highest BCUT2D eigenvalue weighted by molar-refractivity contribution is 6.13. The van der Waals surface area contributed by atoms with Gasteiger partial charge in [0.25, 0.3) is 0 Å². The summed E-state index contributed by atoms with van der Waals surface area (Å²) in [4.78, 5) is 25.3. The first-order chi connectivity index (χ1) is 14.2. The lowest BCUT2D eigenvalue weighted by molar-refractivity contribution is -0.0225. The predicted octanol–water partition coefficient (Wildman–Crippen LogP) is 4.22. The molecule has 2 heterocycles. The average molecular weight is 408 g/mol. The number of hydrogen-bond donors (Lipinski definition) is 2. The Balaban J connectivity index is 2.12. The Hall–Kier alpha value is -3.12. The summed E-state index contributed by atoms with van der Waals surface area (Å²) >= 11 is 0. The fraction of sp³-hybridized carbons (Fsp3) is 0.333. The van der Waals surface area contributed by atoms with Gasteiger partial charge in [-0.05, 0) is 25.8 Å². The second-order valence-corrected chi connectivity index (χ2v) is 8.22. The van der Waals surface area contributed by atoms with Crippen LogP contribution < -0.4 is 10.4 Å². The molecule has 0 spiro atoms. The smallest absolute Gasteiger partial charge is 0.336 e. The highest BCUT2D eigenvalue weighted by Crippen LogP contribution is 2.49. The maximum Gasteiger partial charge on any atom is 0.336 e. The first-order valence-electron chi connectivity index (χ1n) is 10.1. The molecule has 30 heavy (non-hydrogen) atoms. The van der Waals surface area contributed by atoms with E-state index in [4.69, 9.17) is 9.15 Å². The molecule has 0 aliphatic carbocycles. The first-order valence-corrected chi connectivity index (χ1v) is 10.1. The number of phenolic OH excluding ortho intramolecular Hbond substituents is 1. The highest BCUT2D eigenvalue weighted by Gasteiger charge is 2.40.